The van der Waals surface area contributed by atoms with Crippen molar-refractivity contribution in [3.8, 4) is 0 Å². The average molecular weight is 300 g/mol. The lowest BCUT2D eigenvalue weighted by Gasteiger charge is -2.26. The van der Waals surface area contributed by atoms with Crippen LogP contribution in [0.25, 0.3) is 0 Å². The largest absolute Gasteiger partial charge is 0.352 e. The number of nitrogens with one attached hydrogen (secondary N) is 2. The molecular formula is C13H24N4O2S. The van der Waals surface area contributed by atoms with Crippen molar-refractivity contribution in [3.63, 3.8) is 0 Å². The molecule has 0 spiro atoms. The van der Waals surface area contributed by atoms with E-state index < -0.39 is 10.0 Å². The summed E-state index contributed by atoms with van der Waals surface area (Å²) in [7, 11) is -1.59. The van der Waals surface area contributed by atoms with Gasteiger partial charge >= 0.3 is 0 Å². The van der Waals surface area contributed by atoms with Gasteiger partial charge in [-0.2, -0.15) is 0 Å². The van der Waals surface area contributed by atoms with E-state index in [0.29, 0.717) is 11.4 Å². The molecule has 1 aromatic heterocycles. The summed E-state index contributed by atoms with van der Waals surface area (Å²) in [4.78, 5) is 3.01. The molecule has 0 atom stereocenters. The summed E-state index contributed by atoms with van der Waals surface area (Å²) in [6.07, 6.45) is 4.93. The highest BCUT2D eigenvalue weighted by Gasteiger charge is 2.21. The molecule has 1 saturated heterocycles. The Morgan fingerprint density at radius 3 is 2.60 bits per heavy atom. The molecule has 7 heteroatoms. The van der Waals surface area contributed by atoms with Gasteiger partial charge in [0, 0.05) is 38.6 Å². The molecule has 6 nitrogen and oxygen atoms in total. The molecule has 2 heterocycles. The second kappa shape index (κ2) is 6.71. The van der Waals surface area contributed by atoms with Gasteiger partial charge in [0.25, 0.3) is 10.0 Å². The first-order valence-corrected chi connectivity index (χ1v) is 8.64. The Morgan fingerprint density at radius 2 is 1.95 bits per heavy atom. The van der Waals surface area contributed by atoms with Crippen molar-refractivity contribution in [2.45, 2.75) is 37.6 Å². The summed E-state index contributed by atoms with van der Waals surface area (Å²) in [5.41, 5.74) is 0.964. The van der Waals surface area contributed by atoms with Crippen molar-refractivity contribution >= 4 is 10.0 Å². The average Bonchev–Trinajstić information content (AvgIpc) is 2.79. The van der Waals surface area contributed by atoms with E-state index in [9.17, 15) is 8.42 Å². The van der Waals surface area contributed by atoms with Crippen LogP contribution in [-0.2, 0) is 23.6 Å². The maximum Gasteiger partial charge on any atom is 0.254 e. The van der Waals surface area contributed by atoms with Gasteiger partial charge in [-0.1, -0.05) is 13.3 Å². The van der Waals surface area contributed by atoms with Crippen LogP contribution in [0.5, 0.6) is 0 Å². The zero-order valence-electron chi connectivity index (χ0n) is 12.2. The summed E-state index contributed by atoms with van der Waals surface area (Å²) in [6, 6.07) is 1.73. The molecule has 1 aromatic rings. The Labute approximate surface area is 121 Å². The van der Waals surface area contributed by atoms with Gasteiger partial charge in [-0.05, 0) is 25.5 Å². The fraction of sp³-hybridized carbons (Fsp3) is 0.692. The Morgan fingerprint density at radius 1 is 1.25 bits per heavy atom. The molecule has 0 unspecified atom stereocenters. The third-order valence-electron chi connectivity index (χ3n) is 3.55. The number of aromatic nitrogens is 1. The fourth-order valence-corrected chi connectivity index (χ4v) is 3.58. The first kappa shape index (κ1) is 15.5. The molecule has 20 heavy (non-hydrogen) atoms. The van der Waals surface area contributed by atoms with Gasteiger partial charge in [-0.3, -0.25) is 0 Å². The Hall–Kier alpha value is -0.890. The van der Waals surface area contributed by atoms with Crippen LogP contribution in [-0.4, -0.2) is 37.6 Å². The Bertz CT molecular complexity index is 533. The van der Waals surface area contributed by atoms with Crippen LogP contribution in [0.1, 0.15) is 31.9 Å². The molecule has 1 aliphatic rings. The molecule has 2 N–H and O–H groups in total. The van der Waals surface area contributed by atoms with Crippen LogP contribution in [0, 0.1) is 0 Å². The van der Waals surface area contributed by atoms with E-state index >= 15 is 0 Å². The molecule has 1 aliphatic heterocycles. The topological polar surface area (TPSA) is 66.4 Å². The monoisotopic (exact) mass is 300 g/mol. The molecule has 114 valence electrons. The summed E-state index contributed by atoms with van der Waals surface area (Å²) < 4.78 is 26.6. The zero-order valence-corrected chi connectivity index (χ0v) is 13.0. The Balaban J connectivity index is 2.08. The number of aryl methyl sites for hydroxylation is 1. The highest BCUT2D eigenvalue weighted by Crippen LogP contribution is 2.15. The molecule has 0 saturated carbocycles. The summed E-state index contributed by atoms with van der Waals surface area (Å²) >= 11 is 0. The number of piperidine rings is 1. The van der Waals surface area contributed by atoms with Crippen LogP contribution >= 0.6 is 0 Å². The highest BCUT2D eigenvalue weighted by atomic mass is 32.2. The van der Waals surface area contributed by atoms with Crippen molar-refractivity contribution in [1.29, 1.82) is 0 Å². The third-order valence-corrected chi connectivity index (χ3v) is 4.90. The fourth-order valence-electron chi connectivity index (χ4n) is 2.36. The SMILES string of the molecule is CCNCc1cc(S(=O)(=O)NN2CCCCC2)cn1C. The molecule has 0 amide bonds. The maximum absolute atomic E-state index is 12.4. The van der Waals surface area contributed by atoms with E-state index in [1.165, 1.54) is 6.42 Å². The lowest BCUT2D eigenvalue weighted by molar-refractivity contribution is 0.200. The molecule has 0 bridgehead atoms. The van der Waals surface area contributed by atoms with Crippen LogP contribution in [0.3, 0.4) is 0 Å². The van der Waals surface area contributed by atoms with Crippen molar-refractivity contribution < 1.29 is 8.42 Å². The van der Waals surface area contributed by atoms with Crippen LogP contribution in [0.4, 0.5) is 0 Å². The van der Waals surface area contributed by atoms with Gasteiger partial charge in [0.1, 0.15) is 4.90 Å². The van der Waals surface area contributed by atoms with E-state index in [0.717, 1.165) is 38.2 Å². The normalized spacial score (nSPS) is 17.5. The van der Waals surface area contributed by atoms with Crippen molar-refractivity contribution in [1.82, 2.24) is 19.7 Å². The first-order chi connectivity index (χ1) is 9.53. The summed E-state index contributed by atoms with van der Waals surface area (Å²) in [5, 5.41) is 5.01. The Kier molecular flexibility index (Phi) is 5.20. The molecule has 0 aromatic carbocycles. The predicted molar refractivity (Wildman–Crippen MR) is 78.5 cm³/mol. The van der Waals surface area contributed by atoms with Gasteiger partial charge < -0.3 is 9.88 Å². The molecule has 0 radical (unpaired) electrons. The van der Waals surface area contributed by atoms with E-state index in [1.807, 2.05) is 18.5 Å². The van der Waals surface area contributed by atoms with Crippen LogP contribution in [0.2, 0.25) is 0 Å². The molecule has 1 fully saturated rings. The number of sulfonamides is 1. The van der Waals surface area contributed by atoms with E-state index in [4.69, 9.17) is 0 Å². The maximum atomic E-state index is 12.4. The van der Waals surface area contributed by atoms with Crippen molar-refractivity contribution in [2.24, 2.45) is 7.05 Å². The van der Waals surface area contributed by atoms with Gasteiger partial charge in [0.15, 0.2) is 0 Å². The van der Waals surface area contributed by atoms with Crippen molar-refractivity contribution in [3.05, 3.63) is 18.0 Å². The summed E-state index contributed by atoms with van der Waals surface area (Å²) in [6.45, 7) is 5.14. The minimum atomic E-state index is -3.46. The van der Waals surface area contributed by atoms with Gasteiger partial charge in [-0.25, -0.2) is 13.4 Å². The van der Waals surface area contributed by atoms with E-state index in [2.05, 4.69) is 10.1 Å². The van der Waals surface area contributed by atoms with Gasteiger partial charge in [0.2, 0.25) is 0 Å². The minimum absolute atomic E-state index is 0.332. The number of hydrogen-bond acceptors (Lipinski definition) is 4. The number of nitrogens with zero attached hydrogens (tertiary/aromatic N) is 2. The van der Waals surface area contributed by atoms with Gasteiger partial charge in [0.05, 0.1) is 0 Å². The predicted octanol–water partition coefficient (Wildman–Crippen LogP) is 0.814. The standard InChI is InChI=1S/C13H24N4O2S/c1-3-14-10-12-9-13(11-16(12)2)20(18,19)15-17-7-5-4-6-8-17/h9,11,14-15H,3-8,10H2,1-2H3. The highest BCUT2D eigenvalue weighted by molar-refractivity contribution is 7.89. The molecular weight excluding hydrogens is 276 g/mol. The lowest BCUT2D eigenvalue weighted by atomic mass is 10.2. The van der Waals surface area contributed by atoms with E-state index in [-0.39, 0.29) is 0 Å². The third kappa shape index (κ3) is 3.82. The smallest absolute Gasteiger partial charge is 0.254 e. The van der Waals surface area contributed by atoms with Gasteiger partial charge in [-0.15, -0.1) is 4.83 Å². The molecule has 2 rings (SSSR count). The quantitative estimate of drug-likeness (QED) is 0.816. The number of rotatable bonds is 6. The first-order valence-electron chi connectivity index (χ1n) is 7.16. The zero-order chi connectivity index (χ0) is 14.6. The van der Waals surface area contributed by atoms with Crippen molar-refractivity contribution in [2.75, 3.05) is 19.6 Å². The summed E-state index contributed by atoms with van der Waals surface area (Å²) in [5.74, 6) is 0. The second-order valence-electron chi connectivity index (χ2n) is 5.20. The second-order valence-corrected chi connectivity index (χ2v) is 6.86. The number of hydrogen-bond donors (Lipinski definition) is 2. The van der Waals surface area contributed by atoms with Crippen LogP contribution in [0.15, 0.2) is 17.2 Å². The molecule has 0 aliphatic carbocycles. The lowest BCUT2D eigenvalue weighted by Crippen LogP contribution is -2.44. The van der Waals surface area contributed by atoms with E-state index in [1.54, 1.807) is 17.3 Å². The minimum Gasteiger partial charge on any atom is -0.352 e. The number of hydrazine groups is 1. The van der Waals surface area contributed by atoms with Crippen LogP contribution < -0.4 is 10.1 Å².